The van der Waals surface area contributed by atoms with Crippen molar-refractivity contribution in [2.24, 2.45) is 5.73 Å². The van der Waals surface area contributed by atoms with Gasteiger partial charge in [-0.15, -0.1) is 0 Å². The number of phosphoric acid groups is 1. The van der Waals surface area contributed by atoms with Gasteiger partial charge < -0.3 is 20.1 Å². The van der Waals surface area contributed by atoms with Crippen LogP contribution in [-0.4, -0.2) is 49.3 Å². The number of phosphoric ester groups is 1. The number of hydrogen-bond acceptors (Lipinski definition) is 8. The van der Waals surface area contributed by atoms with Crippen LogP contribution in [0.2, 0.25) is 0 Å². The van der Waals surface area contributed by atoms with E-state index in [1.54, 1.807) is 0 Å². The van der Waals surface area contributed by atoms with Gasteiger partial charge in [0.15, 0.2) is 6.10 Å². The standard InChI is InChI=1S/C49H90NO8P/c1-3-5-7-9-11-13-15-17-19-21-22-23-24-26-28-30-32-34-36-38-40-42-49(52)58-47(46-57-59(53,54)56-44-43-50)45-55-48(51)41-39-37-35-33-31-29-27-25-20-18-16-14-12-10-8-6-4-2/h12,14,17-20,27,29,47H,3-11,13,15-16,21-26,28,30-46,50H2,1-2H3,(H,53,54)/b14-12-,19-17-,20-18-,29-27-/t47-/m1/s1. The van der Waals surface area contributed by atoms with Crippen LogP contribution in [0.15, 0.2) is 48.6 Å². The van der Waals surface area contributed by atoms with Crippen LogP contribution in [0.3, 0.4) is 0 Å². The number of hydrogen-bond donors (Lipinski definition) is 2. The lowest BCUT2D eigenvalue weighted by Gasteiger charge is -2.19. The summed E-state index contributed by atoms with van der Waals surface area (Å²) in [5, 5.41) is 0. The van der Waals surface area contributed by atoms with Crippen molar-refractivity contribution in [3.05, 3.63) is 48.6 Å². The first-order valence-corrected chi connectivity index (χ1v) is 25.6. The summed E-state index contributed by atoms with van der Waals surface area (Å²) in [6, 6.07) is 0. The van der Waals surface area contributed by atoms with E-state index < -0.39 is 32.5 Å². The largest absolute Gasteiger partial charge is 0.472 e. The Morgan fingerprint density at radius 1 is 0.508 bits per heavy atom. The highest BCUT2D eigenvalue weighted by Gasteiger charge is 2.26. The quantitative estimate of drug-likeness (QED) is 0.0266. The van der Waals surface area contributed by atoms with Crippen LogP contribution >= 0.6 is 7.82 Å². The van der Waals surface area contributed by atoms with Crippen molar-refractivity contribution >= 4 is 19.8 Å². The van der Waals surface area contributed by atoms with Crippen molar-refractivity contribution < 1.29 is 37.6 Å². The molecule has 1 unspecified atom stereocenters. The van der Waals surface area contributed by atoms with Gasteiger partial charge in [0.1, 0.15) is 6.61 Å². The summed E-state index contributed by atoms with van der Waals surface area (Å²) in [7, 11) is -4.39. The molecule has 0 aliphatic carbocycles. The van der Waals surface area contributed by atoms with E-state index >= 15 is 0 Å². The second-order valence-electron chi connectivity index (χ2n) is 16.0. The molecule has 0 saturated heterocycles. The average molecular weight is 852 g/mol. The van der Waals surface area contributed by atoms with Gasteiger partial charge in [-0.2, -0.15) is 0 Å². The molecular formula is C49H90NO8P. The maximum atomic E-state index is 12.6. The van der Waals surface area contributed by atoms with Gasteiger partial charge in [-0.05, 0) is 77.0 Å². The number of unbranched alkanes of at least 4 members (excludes halogenated alkanes) is 24. The molecule has 59 heavy (non-hydrogen) atoms. The second kappa shape index (κ2) is 45.5. The summed E-state index contributed by atoms with van der Waals surface area (Å²) in [6.07, 6.45) is 52.8. The van der Waals surface area contributed by atoms with Crippen LogP contribution in [-0.2, 0) is 32.7 Å². The summed E-state index contributed by atoms with van der Waals surface area (Å²) in [5.41, 5.74) is 5.36. The molecule has 0 aliphatic heterocycles. The fourth-order valence-corrected chi connectivity index (χ4v) is 7.34. The van der Waals surface area contributed by atoms with Gasteiger partial charge in [0.05, 0.1) is 13.2 Å². The molecule has 0 saturated carbocycles. The van der Waals surface area contributed by atoms with E-state index in [2.05, 4.69) is 62.5 Å². The van der Waals surface area contributed by atoms with Crippen LogP contribution in [0.25, 0.3) is 0 Å². The molecule has 0 radical (unpaired) electrons. The lowest BCUT2D eigenvalue weighted by Crippen LogP contribution is -2.29. The minimum Gasteiger partial charge on any atom is -0.462 e. The van der Waals surface area contributed by atoms with Gasteiger partial charge in [0.25, 0.3) is 0 Å². The minimum atomic E-state index is -4.39. The third-order valence-corrected chi connectivity index (χ3v) is 11.2. The molecule has 10 heteroatoms. The molecule has 0 rings (SSSR count). The van der Waals surface area contributed by atoms with Gasteiger partial charge in [-0.25, -0.2) is 4.57 Å². The first kappa shape index (κ1) is 57.0. The van der Waals surface area contributed by atoms with Gasteiger partial charge >= 0.3 is 19.8 Å². The highest BCUT2D eigenvalue weighted by atomic mass is 31.2. The van der Waals surface area contributed by atoms with Crippen LogP contribution in [0.1, 0.15) is 219 Å². The molecule has 3 N–H and O–H groups in total. The molecular weight excluding hydrogens is 762 g/mol. The van der Waals surface area contributed by atoms with Gasteiger partial charge in [-0.1, -0.05) is 178 Å². The SMILES string of the molecule is CCCCC/C=C\C/C=C\C/C=C\CCCCCCC(=O)OC[C@H](COP(=O)(O)OCCN)OC(=O)CCCCCCCCCCCCC/C=C\CCCCCCCC. The fourth-order valence-electron chi connectivity index (χ4n) is 6.58. The average Bonchev–Trinajstić information content (AvgIpc) is 3.22. The van der Waals surface area contributed by atoms with Crippen molar-refractivity contribution in [2.75, 3.05) is 26.4 Å². The number of nitrogens with two attached hydrogens (primary N) is 1. The van der Waals surface area contributed by atoms with E-state index in [1.165, 1.54) is 122 Å². The van der Waals surface area contributed by atoms with E-state index in [0.29, 0.717) is 12.8 Å². The number of carbonyl (C=O) groups is 2. The van der Waals surface area contributed by atoms with Crippen molar-refractivity contribution in [1.29, 1.82) is 0 Å². The Labute approximate surface area is 362 Å². The molecule has 0 heterocycles. The molecule has 0 amide bonds. The van der Waals surface area contributed by atoms with Crippen LogP contribution in [0.5, 0.6) is 0 Å². The molecule has 2 atom stereocenters. The van der Waals surface area contributed by atoms with Gasteiger partial charge in [0.2, 0.25) is 0 Å². The summed E-state index contributed by atoms with van der Waals surface area (Å²) in [5.74, 6) is -0.851. The molecule has 0 spiro atoms. The first-order valence-electron chi connectivity index (χ1n) is 24.1. The molecule has 0 aromatic rings. The highest BCUT2D eigenvalue weighted by molar-refractivity contribution is 7.47. The zero-order chi connectivity index (χ0) is 43.2. The lowest BCUT2D eigenvalue weighted by molar-refractivity contribution is -0.161. The number of rotatable bonds is 45. The molecule has 9 nitrogen and oxygen atoms in total. The highest BCUT2D eigenvalue weighted by Crippen LogP contribution is 2.43. The summed E-state index contributed by atoms with van der Waals surface area (Å²) < 4.78 is 32.9. The van der Waals surface area contributed by atoms with Crippen molar-refractivity contribution in [1.82, 2.24) is 0 Å². The number of ether oxygens (including phenoxy) is 2. The summed E-state index contributed by atoms with van der Waals surface area (Å²) in [6.45, 7) is 3.69. The Balaban J connectivity index is 4.11. The van der Waals surface area contributed by atoms with Crippen molar-refractivity contribution in [2.45, 2.75) is 225 Å². The Bertz CT molecular complexity index is 1110. The van der Waals surface area contributed by atoms with Crippen LogP contribution in [0, 0.1) is 0 Å². The molecule has 0 aliphatic rings. The smallest absolute Gasteiger partial charge is 0.462 e. The predicted octanol–water partition coefficient (Wildman–Crippen LogP) is 14.3. The third-order valence-electron chi connectivity index (χ3n) is 10.2. The summed E-state index contributed by atoms with van der Waals surface area (Å²) >= 11 is 0. The number of carbonyl (C=O) groups excluding carboxylic acids is 2. The van der Waals surface area contributed by atoms with E-state index in [9.17, 15) is 19.0 Å². The maximum absolute atomic E-state index is 12.6. The topological polar surface area (TPSA) is 134 Å². The molecule has 0 aromatic heterocycles. The zero-order valence-corrected chi connectivity index (χ0v) is 38.9. The molecule has 344 valence electrons. The zero-order valence-electron chi connectivity index (χ0n) is 38.0. The van der Waals surface area contributed by atoms with Gasteiger partial charge in [0, 0.05) is 19.4 Å². The first-order chi connectivity index (χ1) is 28.8. The van der Waals surface area contributed by atoms with E-state index in [1.807, 2.05) is 0 Å². The predicted molar refractivity (Wildman–Crippen MR) is 247 cm³/mol. The Morgan fingerprint density at radius 3 is 1.36 bits per heavy atom. The fraction of sp³-hybridized carbons (Fsp3) is 0.796. The third kappa shape index (κ3) is 45.3. The number of allylic oxidation sites excluding steroid dienone is 8. The van der Waals surface area contributed by atoms with Crippen LogP contribution in [0.4, 0.5) is 0 Å². The maximum Gasteiger partial charge on any atom is 0.472 e. The minimum absolute atomic E-state index is 0.0491. The molecule has 0 fully saturated rings. The van der Waals surface area contributed by atoms with Gasteiger partial charge in [-0.3, -0.25) is 18.6 Å². The lowest BCUT2D eigenvalue weighted by atomic mass is 10.0. The summed E-state index contributed by atoms with van der Waals surface area (Å²) in [4.78, 5) is 35.0. The Hall–Kier alpha value is -2.03. The second-order valence-corrected chi connectivity index (χ2v) is 17.4. The number of esters is 2. The Morgan fingerprint density at radius 2 is 0.881 bits per heavy atom. The normalized spacial score (nSPS) is 13.6. The van der Waals surface area contributed by atoms with Crippen molar-refractivity contribution in [3.8, 4) is 0 Å². The monoisotopic (exact) mass is 852 g/mol. The van der Waals surface area contributed by atoms with Crippen molar-refractivity contribution in [3.63, 3.8) is 0 Å². The molecule has 0 bridgehead atoms. The van der Waals surface area contributed by atoms with E-state index in [4.69, 9.17) is 24.3 Å². The van der Waals surface area contributed by atoms with E-state index in [0.717, 1.165) is 57.8 Å². The Kier molecular flexibility index (Phi) is 43.9. The van der Waals surface area contributed by atoms with Crippen LogP contribution < -0.4 is 5.73 Å². The molecule has 0 aromatic carbocycles. The van der Waals surface area contributed by atoms with E-state index in [-0.39, 0.29) is 32.6 Å².